The standard InChI is InChI=1S/C16H24ClNO2/c1-3-16(2,18-8-10-20-11-9-18)15(19)12-13-4-6-14(17)7-5-13/h4-7,15,19H,3,8-12H2,1-2H3. The van der Waals surface area contributed by atoms with Crippen LogP contribution in [0.25, 0.3) is 0 Å². The molecule has 2 atom stereocenters. The van der Waals surface area contributed by atoms with E-state index >= 15 is 0 Å². The average Bonchev–Trinajstić information content (AvgIpc) is 2.49. The molecule has 1 aromatic carbocycles. The zero-order valence-corrected chi connectivity index (χ0v) is 13.1. The van der Waals surface area contributed by atoms with Gasteiger partial charge in [0.15, 0.2) is 0 Å². The van der Waals surface area contributed by atoms with Crippen molar-refractivity contribution in [3.63, 3.8) is 0 Å². The molecule has 1 N–H and O–H groups in total. The third-order valence-electron chi connectivity index (χ3n) is 4.51. The molecule has 3 nitrogen and oxygen atoms in total. The van der Waals surface area contributed by atoms with Crippen LogP contribution in [-0.4, -0.2) is 48.0 Å². The van der Waals surface area contributed by atoms with Crippen molar-refractivity contribution in [2.24, 2.45) is 0 Å². The van der Waals surface area contributed by atoms with E-state index in [1.165, 1.54) is 0 Å². The smallest absolute Gasteiger partial charge is 0.0761 e. The number of morpholine rings is 1. The number of rotatable bonds is 5. The molecule has 1 fully saturated rings. The Kier molecular flexibility index (Phi) is 5.44. The quantitative estimate of drug-likeness (QED) is 0.907. The average molecular weight is 298 g/mol. The van der Waals surface area contributed by atoms with Crippen LogP contribution in [0.5, 0.6) is 0 Å². The third-order valence-corrected chi connectivity index (χ3v) is 4.76. The van der Waals surface area contributed by atoms with Crippen molar-refractivity contribution in [1.29, 1.82) is 0 Å². The van der Waals surface area contributed by atoms with Crippen molar-refractivity contribution < 1.29 is 9.84 Å². The first kappa shape index (κ1) is 15.8. The first-order valence-corrected chi connectivity index (χ1v) is 7.69. The zero-order chi connectivity index (χ0) is 14.6. The Morgan fingerprint density at radius 2 is 1.90 bits per heavy atom. The topological polar surface area (TPSA) is 32.7 Å². The van der Waals surface area contributed by atoms with E-state index in [4.69, 9.17) is 16.3 Å². The van der Waals surface area contributed by atoms with Crippen LogP contribution >= 0.6 is 11.6 Å². The Morgan fingerprint density at radius 1 is 1.30 bits per heavy atom. The SMILES string of the molecule is CCC(C)(C(O)Cc1ccc(Cl)cc1)N1CCOCC1. The molecule has 1 aliphatic rings. The van der Waals surface area contributed by atoms with Crippen LogP contribution < -0.4 is 0 Å². The summed E-state index contributed by atoms with van der Waals surface area (Å²) in [5, 5.41) is 11.5. The van der Waals surface area contributed by atoms with Gasteiger partial charge in [-0.2, -0.15) is 0 Å². The highest BCUT2D eigenvalue weighted by molar-refractivity contribution is 6.30. The van der Waals surface area contributed by atoms with Crippen molar-refractivity contribution in [2.75, 3.05) is 26.3 Å². The lowest BCUT2D eigenvalue weighted by Gasteiger charge is -2.46. The van der Waals surface area contributed by atoms with Crippen LogP contribution in [0.15, 0.2) is 24.3 Å². The molecule has 0 aromatic heterocycles. The summed E-state index contributed by atoms with van der Waals surface area (Å²) in [5.74, 6) is 0. The molecule has 1 aromatic rings. The van der Waals surface area contributed by atoms with E-state index in [1.807, 2.05) is 24.3 Å². The molecule has 4 heteroatoms. The molecular weight excluding hydrogens is 274 g/mol. The summed E-state index contributed by atoms with van der Waals surface area (Å²) in [6.45, 7) is 7.58. The fraction of sp³-hybridized carbons (Fsp3) is 0.625. The van der Waals surface area contributed by atoms with Gasteiger partial charge in [-0.05, 0) is 31.0 Å². The van der Waals surface area contributed by atoms with E-state index in [-0.39, 0.29) is 5.54 Å². The van der Waals surface area contributed by atoms with Gasteiger partial charge >= 0.3 is 0 Å². The number of benzene rings is 1. The number of hydrogen-bond acceptors (Lipinski definition) is 3. The van der Waals surface area contributed by atoms with Crippen LogP contribution in [-0.2, 0) is 11.2 Å². The molecule has 0 saturated carbocycles. The molecule has 0 bridgehead atoms. The molecule has 112 valence electrons. The van der Waals surface area contributed by atoms with Gasteiger partial charge < -0.3 is 9.84 Å². The number of halogens is 1. The lowest BCUT2D eigenvalue weighted by Crippen LogP contribution is -2.58. The van der Waals surface area contributed by atoms with Crippen LogP contribution in [0.3, 0.4) is 0 Å². The van der Waals surface area contributed by atoms with Crippen molar-refractivity contribution in [3.05, 3.63) is 34.9 Å². The number of nitrogens with zero attached hydrogens (tertiary/aromatic N) is 1. The van der Waals surface area contributed by atoms with Gasteiger partial charge in [-0.3, -0.25) is 4.90 Å². The Labute approximate surface area is 126 Å². The molecule has 1 aliphatic heterocycles. The molecule has 0 amide bonds. The maximum atomic E-state index is 10.7. The normalized spacial score (nSPS) is 21.4. The van der Waals surface area contributed by atoms with Crippen LogP contribution in [0.4, 0.5) is 0 Å². The van der Waals surface area contributed by atoms with Crippen molar-refractivity contribution in [3.8, 4) is 0 Å². The van der Waals surface area contributed by atoms with Crippen LogP contribution in [0.1, 0.15) is 25.8 Å². The summed E-state index contributed by atoms with van der Waals surface area (Å²) in [4.78, 5) is 2.36. The molecule has 0 radical (unpaired) electrons. The Hall–Kier alpha value is -0.610. The summed E-state index contributed by atoms with van der Waals surface area (Å²) >= 11 is 5.90. The first-order valence-electron chi connectivity index (χ1n) is 7.31. The summed E-state index contributed by atoms with van der Waals surface area (Å²) in [5.41, 5.74) is 0.915. The van der Waals surface area contributed by atoms with E-state index < -0.39 is 6.10 Å². The molecule has 1 saturated heterocycles. The van der Waals surface area contributed by atoms with E-state index in [1.54, 1.807) is 0 Å². The van der Waals surface area contributed by atoms with E-state index in [9.17, 15) is 5.11 Å². The highest BCUT2D eigenvalue weighted by Gasteiger charge is 2.37. The number of aliphatic hydroxyl groups is 1. The van der Waals surface area contributed by atoms with Gasteiger partial charge in [0.1, 0.15) is 0 Å². The van der Waals surface area contributed by atoms with Gasteiger partial charge in [-0.1, -0.05) is 30.7 Å². The summed E-state index contributed by atoms with van der Waals surface area (Å²) < 4.78 is 5.41. The first-order chi connectivity index (χ1) is 9.56. The van der Waals surface area contributed by atoms with Crippen LogP contribution in [0.2, 0.25) is 5.02 Å². The predicted octanol–water partition coefficient (Wildman–Crippen LogP) is 2.74. The Balaban J connectivity index is 2.07. The van der Waals surface area contributed by atoms with Crippen molar-refractivity contribution in [2.45, 2.75) is 38.3 Å². The van der Waals surface area contributed by atoms with Crippen LogP contribution in [0, 0.1) is 0 Å². The second-order valence-electron chi connectivity index (χ2n) is 5.66. The minimum Gasteiger partial charge on any atom is -0.391 e. The Bertz CT molecular complexity index is 417. The molecule has 0 aliphatic carbocycles. The molecule has 2 rings (SSSR count). The summed E-state index contributed by atoms with van der Waals surface area (Å²) in [6.07, 6.45) is 1.17. The predicted molar refractivity (Wildman–Crippen MR) is 82.3 cm³/mol. The third kappa shape index (κ3) is 3.53. The summed E-state index contributed by atoms with van der Waals surface area (Å²) in [6, 6.07) is 7.73. The minimum absolute atomic E-state index is 0.205. The molecule has 2 unspecified atom stereocenters. The molecule has 1 heterocycles. The van der Waals surface area contributed by atoms with Crippen molar-refractivity contribution in [1.82, 2.24) is 4.90 Å². The van der Waals surface area contributed by atoms with Gasteiger partial charge in [0.05, 0.1) is 19.3 Å². The fourth-order valence-electron chi connectivity index (χ4n) is 2.81. The van der Waals surface area contributed by atoms with Gasteiger partial charge in [-0.15, -0.1) is 0 Å². The molecule has 20 heavy (non-hydrogen) atoms. The Morgan fingerprint density at radius 3 is 2.45 bits per heavy atom. The monoisotopic (exact) mass is 297 g/mol. The second-order valence-corrected chi connectivity index (χ2v) is 6.09. The highest BCUT2D eigenvalue weighted by Crippen LogP contribution is 2.27. The second kappa shape index (κ2) is 6.90. The zero-order valence-electron chi connectivity index (χ0n) is 12.3. The number of ether oxygens (including phenoxy) is 1. The largest absolute Gasteiger partial charge is 0.391 e. The lowest BCUT2D eigenvalue weighted by atomic mass is 9.85. The highest BCUT2D eigenvalue weighted by atomic mass is 35.5. The van der Waals surface area contributed by atoms with E-state index in [0.717, 1.165) is 43.3 Å². The maximum absolute atomic E-state index is 10.7. The van der Waals surface area contributed by atoms with Gasteiger partial charge in [-0.25, -0.2) is 0 Å². The maximum Gasteiger partial charge on any atom is 0.0761 e. The number of hydrogen-bond donors (Lipinski definition) is 1. The van der Waals surface area contributed by atoms with E-state index in [2.05, 4.69) is 18.7 Å². The lowest BCUT2D eigenvalue weighted by molar-refractivity contribution is -0.0714. The van der Waals surface area contributed by atoms with E-state index in [0.29, 0.717) is 6.42 Å². The van der Waals surface area contributed by atoms with Gasteiger partial charge in [0.2, 0.25) is 0 Å². The van der Waals surface area contributed by atoms with Crippen molar-refractivity contribution >= 4 is 11.6 Å². The fourth-order valence-corrected chi connectivity index (χ4v) is 2.93. The molecule has 0 spiro atoms. The van der Waals surface area contributed by atoms with Gasteiger partial charge in [0, 0.05) is 30.1 Å². The minimum atomic E-state index is -0.397. The molecular formula is C16H24ClNO2. The number of aliphatic hydroxyl groups excluding tert-OH is 1. The van der Waals surface area contributed by atoms with Gasteiger partial charge in [0.25, 0.3) is 0 Å². The summed E-state index contributed by atoms with van der Waals surface area (Å²) in [7, 11) is 0.